The molecular formula is C23H32O4. The average Bonchev–Trinajstić information content (AvgIpc) is 2.67. The number of carboxylic acids is 1. The minimum Gasteiger partial charge on any atom is -0.506 e. The summed E-state index contributed by atoms with van der Waals surface area (Å²) in [6.45, 7) is 2.80. The number of rotatable bonds is 13. The number of aromatic carboxylic acids is 1. The molecule has 0 spiro atoms. The third-order valence-corrected chi connectivity index (χ3v) is 4.96. The molecule has 0 amide bonds. The first-order valence-electron chi connectivity index (χ1n) is 10.3. The summed E-state index contributed by atoms with van der Waals surface area (Å²) in [7, 11) is 0. The molecule has 2 N–H and O–H groups in total. The molecule has 0 aliphatic carbocycles. The van der Waals surface area contributed by atoms with E-state index in [0.29, 0.717) is 17.7 Å². The normalized spacial score (nSPS) is 11.0. The van der Waals surface area contributed by atoms with Gasteiger partial charge < -0.3 is 14.9 Å². The Hall–Kier alpha value is -2.23. The van der Waals surface area contributed by atoms with Gasteiger partial charge in [0.05, 0.1) is 6.61 Å². The highest BCUT2D eigenvalue weighted by Gasteiger charge is 2.16. The van der Waals surface area contributed by atoms with Gasteiger partial charge in [0.25, 0.3) is 0 Å². The van der Waals surface area contributed by atoms with E-state index < -0.39 is 5.97 Å². The van der Waals surface area contributed by atoms with Crippen molar-refractivity contribution in [3.63, 3.8) is 0 Å². The third-order valence-electron chi connectivity index (χ3n) is 4.96. The van der Waals surface area contributed by atoms with Gasteiger partial charge in [0.1, 0.15) is 17.1 Å². The van der Waals surface area contributed by atoms with E-state index in [0.717, 1.165) is 18.2 Å². The zero-order valence-electron chi connectivity index (χ0n) is 16.4. The van der Waals surface area contributed by atoms with Crippen LogP contribution in [0.5, 0.6) is 11.5 Å². The summed E-state index contributed by atoms with van der Waals surface area (Å²) in [4.78, 5) is 11.4. The Kier molecular flexibility index (Phi) is 8.96. The van der Waals surface area contributed by atoms with Crippen molar-refractivity contribution in [1.29, 1.82) is 0 Å². The van der Waals surface area contributed by atoms with Crippen LogP contribution in [0.25, 0.3) is 10.8 Å². The van der Waals surface area contributed by atoms with Crippen LogP contribution in [0.2, 0.25) is 0 Å². The number of unbranched alkanes of at least 4 members (excludes halogenated alkanes) is 9. The number of phenols is 1. The minimum atomic E-state index is -1.15. The first kappa shape index (κ1) is 21.1. The molecule has 0 aliphatic heterocycles. The lowest BCUT2D eigenvalue weighted by molar-refractivity contribution is 0.0693. The topological polar surface area (TPSA) is 66.8 Å². The van der Waals surface area contributed by atoms with E-state index in [-0.39, 0.29) is 11.3 Å². The van der Waals surface area contributed by atoms with E-state index in [9.17, 15) is 15.0 Å². The molecule has 0 heterocycles. The Labute approximate surface area is 162 Å². The van der Waals surface area contributed by atoms with Crippen LogP contribution in [-0.4, -0.2) is 22.8 Å². The van der Waals surface area contributed by atoms with Gasteiger partial charge in [-0.3, -0.25) is 0 Å². The van der Waals surface area contributed by atoms with E-state index in [1.807, 2.05) is 12.1 Å². The highest BCUT2D eigenvalue weighted by molar-refractivity contribution is 6.03. The lowest BCUT2D eigenvalue weighted by Crippen LogP contribution is -2.02. The van der Waals surface area contributed by atoms with Gasteiger partial charge in [-0.25, -0.2) is 4.79 Å². The Bertz CT molecular complexity index is 724. The van der Waals surface area contributed by atoms with Gasteiger partial charge in [-0.1, -0.05) is 89.0 Å². The lowest BCUT2D eigenvalue weighted by atomic mass is 10.0. The summed E-state index contributed by atoms with van der Waals surface area (Å²) < 4.78 is 5.86. The van der Waals surface area contributed by atoms with Crippen molar-refractivity contribution in [2.45, 2.75) is 71.1 Å². The highest BCUT2D eigenvalue weighted by Crippen LogP contribution is 2.36. The van der Waals surface area contributed by atoms with Crippen LogP contribution < -0.4 is 4.74 Å². The predicted octanol–water partition coefficient (Wildman–Crippen LogP) is 6.54. The van der Waals surface area contributed by atoms with Crippen LogP contribution in [0.15, 0.2) is 30.3 Å². The number of hydrogen-bond donors (Lipinski definition) is 2. The first-order chi connectivity index (χ1) is 13.1. The number of carbonyl (C=O) groups is 1. The molecule has 0 saturated carbocycles. The SMILES string of the molecule is CCCCCCCCCCCCOc1cc(C(=O)O)c(O)c2ccccc12. The van der Waals surface area contributed by atoms with Crippen LogP contribution in [0.1, 0.15) is 81.5 Å². The fourth-order valence-electron chi connectivity index (χ4n) is 3.38. The number of hydrogen-bond acceptors (Lipinski definition) is 3. The van der Waals surface area contributed by atoms with Crippen LogP contribution in [-0.2, 0) is 0 Å². The molecule has 4 nitrogen and oxygen atoms in total. The molecule has 2 rings (SSSR count). The second-order valence-electron chi connectivity index (χ2n) is 7.15. The molecule has 27 heavy (non-hydrogen) atoms. The lowest BCUT2D eigenvalue weighted by Gasteiger charge is -2.12. The zero-order chi connectivity index (χ0) is 19.5. The summed E-state index contributed by atoms with van der Waals surface area (Å²) in [5.74, 6) is -0.830. The monoisotopic (exact) mass is 372 g/mol. The van der Waals surface area contributed by atoms with Crippen LogP contribution in [0.3, 0.4) is 0 Å². The van der Waals surface area contributed by atoms with Gasteiger partial charge in [0.15, 0.2) is 0 Å². The average molecular weight is 373 g/mol. The van der Waals surface area contributed by atoms with Crippen molar-refractivity contribution in [1.82, 2.24) is 0 Å². The summed E-state index contributed by atoms with van der Waals surface area (Å²) in [5, 5.41) is 20.7. The Morgan fingerprint density at radius 1 is 0.889 bits per heavy atom. The minimum absolute atomic E-state index is 0.119. The van der Waals surface area contributed by atoms with Gasteiger partial charge in [-0.05, 0) is 12.5 Å². The van der Waals surface area contributed by atoms with Crippen LogP contribution in [0.4, 0.5) is 0 Å². The van der Waals surface area contributed by atoms with E-state index >= 15 is 0 Å². The van der Waals surface area contributed by atoms with E-state index in [2.05, 4.69) is 6.92 Å². The molecule has 2 aromatic rings. The molecule has 4 heteroatoms. The fourth-order valence-corrected chi connectivity index (χ4v) is 3.38. The number of benzene rings is 2. The zero-order valence-corrected chi connectivity index (χ0v) is 16.4. The Balaban J connectivity index is 1.77. The van der Waals surface area contributed by atoms with Crippen molar-refractivity contribution >= 4 is 16.7 Å². The van der Waals surface area contributed by atoms with Gasteiger partial charge in [-0.2, -0.15) is 0 Å². The van der Waals surface area contributed by atoms with E-state index in [4.69, 9.17) is 4.74 Å². The van der Waals surface area contributed by atoms with Crippen molar-refractivity contribution in [3.8, 4) is 11.5 Å². The maximum atomic E-state index is 11.4. The van der Waals surface area contributed by atoms with Crippen molar-refractivity contribution in [2.24, 2.45) is 0 Å². The Morgan fingerprint density at radius 3 is 2.04 bits per heavy atom. The molecule has 0 aliphatic rings. The standard InChI is InChI=1S/C23H32O4/c1-2-3-4-5-6-7-8-9-10-13-16-27-21-17-20(23(25)26)22(24)19-15-12-11-14-18(19)21/h11-12,14-15,17,24H,2-10,13,16H2,1H3,(H,25,26). The van der Waals surface area contributed by atoms with E-state index in [1.165, 1.54) is 57.4 Å². The number of aromatic hydroxyl groups is 1. The van der Waals surface area contributed by atoms with Crippen molar-refractivity contribution in [2.75, 3.05) is 6.61 Å². The number of fused-ring (bicyclic) bond motifs is 1. The molecule has 0 bridgehead atoms. The third kappa shape index (κ3) is 6.46. The summed E-state index contributed by atoms with van der Waals surface area (Å²) in [6, 6.07) is 8.62. The van der Waals surface area contributed by atoms with Crippen LogP contribution in [0, 0.1) is 0 Å². The van der Waals surface area contributed by atoms with Gasteiger partial charge >= 0.3 is 5.97 Å². The van der Waals surface area contributed by atoms with E-state index in [1.54, 1.807) is 12.1 Å². The first-order valence-corrected chi connectivity index (χ1v) is 10.3. The maximum absolute atomic E-state index is 11.4. The molecule has 0 aromatic heterocycles. The molecule has 0 atom stereocenters. The molecular weight excluding hydrogens is 340 g/mol. The second kappa shape index (κ2) is 11.5. The quantitative estimate of drug-likeness (QED) is 0.392. The number of ether oxygens (including phenoxy) is 1. The molecule has 0 fully saturated rings. The summed E-state index contributed by atoms with van der Waals surface area (Å²) in [6.07, 6.45) is 12.6. The summed E-state index contributed by atoms with van der Waals surface area (Å²) >= 11 is 0. The van der Waals surface area contributed by atoms with Gasteiger partial charge in [0.2, 0.25) is 0 Å². The van der Waals surface area contributed by atoms with Crippen molar-refractivity contribution < 1.29 is 19.7 Å². The van der Waals surface area contributed by atoms with Gasteiger partial charge in [0, 0.05) is 10.8 Å². The van der Waals surface area contributed by atoms with Crippen LogP contribution >= 0.6 is 0 Å². The maximum Gasteiger partial charge on any atom is 0.339 e. The molecule has 0 radical (unpaired) electrons. The second-order valence-corrected chi connectivity index (χ2v) is 7.15. The smallest absolute Gasteiger partial charge is 0.339 e. The Morgan fingerprint density at radius 2 is 1.44 bits per heavy atom. The van der Waals surface area contributed by atoms with Crippen molar-refractivity contribution in [3.05, 3.63) is 35.9 Å². The molecule has 148 valence electrons. The molecule has 2 aromatic carbocycles. The number of carboxylic acid groups (broad SMARTS) is 1. The predicted molar refractivity (Wildman–Crippen MR) is 110 cm³/mol. The molecule has 0 unspecified atom stereocenters. The fraction of sp³-hybridized carbons (Fsp3) is 0.522. The molecule has 0 saturated heterocycles. The largest absolute Gasteiger partial charge is 0.506 e. The van der Waals surface area contributed by atoms with Gasteiger partial charge in [-0.15, -0.1) is 0 Å². The highest BCUT2D eigenvalue weighted by atomic mass is 16.5. The summed E-state index contributed by atoms with van der Waals surface area (Å²) in [5.41, 5.74) is -0.119.